The van der Waals surface area contributed by atoms with Crippen LogP contribution in [-0.2, 0) is 4.79 Å². The molecule has 0 radical (unpaired) electrons. The summed E-state index contributed by atoms with van der Waals surface area (Å²) in [7, 11) is 0. The molecule has 21 heavy (non-hydrogen) atoms. The fraction of sp³-hybridized carbons (Fsp3) is 0.429. The molecule has 1 atom stereocenters. The second-order valence-corrected chi connectivity index (χ2v) is 5.60. The van der Waals surface area contributed by atoms with Gasteiger partial charge in [0, 0.05) is 30.3 Å². The normalized spacial score (nSPS) is 21.3. The van der Waals surface area contributed by atoms with E-state index in [9.17, 15) is 19.7 Å². The lowest BCUT2D eigenvalue weighted by Gasteiger charge is -2.20. The number of amides is 1. The van der Waals surface area contributed by atoms with Crippen molar-refractivity contribution < 1.29 is 19.6 Å². The smallest absolute Gasteiger partial charge is 0.311 e. The third kappa shape index (κ3) is 2.72. The van der Waals surface area contributed by atoms with Gasteiger partial charge < -0.3 is 10.0 Å². The second-order valence-electron chi connectivity index (χ2n) is 5.60. The molecule has 1 aromatic carbocycles. The maximum Gasteiger partial charge on any atom is 0.311 e. The van der Waals surface area contributed by atoms with Gasteiger partial charge in [0.2, 0.25) is 0 Å². The number of nitro groups is 1. The van der Waals surface area contributed by atoms with E-state index in [2.05, 4.69) is 0 Å². The maximum atomic E-state index is 12.4. The van der Waals surface area contributed by atoms with E-state index < -0.39 is 16.3 Å². The molecule has 1 amide bonds. The predicted molar refractivity (Wildman–Crippen MR) is 74.1 cm³/mol. The van der Waals surface area contributed by atoms with Crippen LogP contribution in [0.1, 0.15) is 29.3 Å². The molecule has 1 unspecified atom stereocenters. The number of carboxylic acid groups (broad SMARTS) is 1. The van der Waals surface area contributed by atoms with Crippen molar-refractivity contribution in [3.8, 4) is 0 Å². The molecule has 0 bridgehead atoms. The van der Waals surface area contributed by atoms with E-state index in [1.807, 2.05) is 0 Å². The van der Waals surface area contributed by atoms with Crippen LogP contribution < -0.4 is 0 Å². The topological polar surface area (TPSA) is 101 Å². The van der Waals surface area contributed by atoms with Crippen molar-refractivity contribution in [2.24, 2.45) is 5.41 Å². The van der Waals surface area contributed by atoms with Crippen molar-refractivity contribution in [3.05, 3.63) is 39.4 Å². The summed E-state index contributed by atoms with van der Waals surface area (Å²) in [6, 6.07) is 4.30. The molecule has 0 saturated carbocycles. The Morgan fingerprint density at radius 1 is 1.43 bits per heavy atom. The lowest BCUT2D eigenvalue weighted by Crippen LogP contribution is -2.34. The van der Waals surface area contributed by atoms with Crippen molar-refractivity contribution in [1.29, 1.82) is 0 Å². The molecule has 1 fully saturated rings. The van der Waals surface area contributed by atoms with Crippen molar-refractivity contribution in [1.82, 2.24) is 4.90 Å². The summed E-state index contributed by atoms with van der Waals surface area (Å²) in [5.74, 6) is -1.31. The number of carbonyl (C=O) groups is 2. The third-order valence-corrected chi connectivity index (χ3v) is 3.93. The Hall–Kier alpha value is -2.44. The van der Waals surface area contributed by atoms with Gasteiger partial charge in [-0.25, -0.2) is 0 Å². The van der Waals surface area contributed by atoms with Gasteiger partial charge in [0.05, 0.1) is 10.3 Å². The molecule has 1 heterocycles. The Labute approximate surface area is 121 Å². The van der Waals surface area contributed by atoms with E-state index in [-0.39, 0.29) is 23.7 Å². The maximum absolute atomic E-state index is 12.4. The molecule has 1 saturated heterocycles. The van der Waals surface area contributed by atoms with Crippen LogP contribution in [0.2, 0.25) is 0 Å². The summed E-state index contributed by atoms with van der Waals surface area (Å²) in [6.45, 7) is 3.65. The summed E-state index contributed by atoms with van der Waals surface area (Å²) in [5.41, 5.74) is -0.372. The Balaban J connectivity index is 2.24. The lowest BCUT2D eigenvalue weighted by molar-refractivity contribution is -0.385. The number of aliphatic carboxylic acids is 1. The number of benzene rings is 1. The first kappa shape index (κ1) is 15.0. The summed E-state index contributed by atoms with van der Waals surface area (Å²) < 4.78 is 0. The fourth-order valence-corrected chi connectivity index (χ4v) is 2.43. The second kappa shape index (κ2) is 5.16. The largest absolute Gasteiger partial charge is 0.481 e. The molecular weight excluding hydrogens is 276 g/mol. The van der Waals surface area contributed by atoms with Gasteiger partial charge in [-0.2, -0.15) is 0 Å². The van der Waals surface area contributed by atoms with Gasteiger partial charge in [0.25, 0.3) is 11.6 Å². The SMILES string of the molecule is Cc1ccc(C(=O)N2CCC(C)(C(=O)O)C2)cc1[N+](=O)[O-]. The summed E-state index contributed by atoms with van der Waals surface area (Å²) in [6.07, 6.45) is 0.377. The van der Waals surface area contributed by atoms with Crippen molar-refractivity contribution in [2.45, 2.75) is 20.3 Å². The minimum Gasteiger partial charge on any atom is -0.481 e. The monoisotopic (exact) mass is 292 g/mol. The molecule has 7 heteroatoms. The number of carbonyl (C=O) groups excluding carboxylic acids is 1. The molecule has 2 rings (SSSR count). The summed E-state index contributed by atoms with van der Waals surface area (Å²) >= 11 is 0. The van der Waals surface area contributed by atoms with Crippen LogP contribution in [0, 0.1) is 22.5 Å². The van der Waals surface area contributed by atoms with Crippen LogP contribution in [-0.4, -0.2) is 39.9 Å². The molecule has 1 aromatic rings. The van der Waals surface area contributed by atoms with Gasteiger partial charge in [0.1, 0.15) is 0 Å². The van der Waals surface area contributed by atoms with Gasteiger partial charge in [-0.15, -0.1) is 0 Å². The van der Waals surface area contributed by atoms with Crippen LogP contribution in [0.15, 0.2) is 18.2 Å². The predicted octanol–water partition coefficient (Wildman–Crippen LogP) is 1.84. The zero-order chi connectivity index (χ0) is 15.8. The van der Waals surface area contributed by atoms with Crippen molar-refractivity contribution in [2.75, 3.05) is 13.1 Å². The van der Waals surface area contributed by atoms with E-state index in [0.29, 0.717) is 18.5 Å². The number of rotatable bonds is 3. The number of carboxylic acids is 1. The molecule has 1 N–H and O–H groups in total. The van der Waals surface area contributed by atoms with E-state index in [1.165, 1.54) is 23.1 Å². The number of hydrogen-bond acceptors (Lipinski definition) is 4. The van der Waals surface area contributed by atoms with E-state index in [1.54, 1.807) is 13.8 Å². The molecule has 0 aromatic heterocycles. The Kier molecular flexibility index (Phi) is 3.67. The van der Waals surface area contributed by atoms with Gasteiger partial charge in [0.15, 0.2) is 0 Å². The number of nitrogens with zero attached hydrogens (tertiary/aromatic N) is 2. The number of likely N-dealkylation sites (tertiary alicyclic amines) is 1. The molecule has 7 nitrogen and oxygen atoms in total. The molecule has 0 spiro atoms. The average Bonchev–Trinajstić information content (AvgIpc) is 2.82. The highest BCUT2D eigenvalue weighted by Crippen LogP contribution is 2.31. The van der Waals surface area contributed by atoms with Gasteiger partial charge >= 0.3 is 5.97 Å². The molecule has 0 aliphatic carbocycles. The summed E-state index contributed by atoms with van der Waals surface area (Å²) in [5, 5.41) is 20.1. The van der Waals surface area contributed by atoms with E-state index in [4.69, 9.17) is 5.11 Å². The summed E-state index contributed by atoms with van der Waals surface area (Å²) in [4.78, 5) is 35.4. The molecule has 1 aliphatic rings. The van der Waals surface area contributed by atoms with Gasteiger partial charge in [-0.05, 0) is 26.3 Å². The lowest BCUT2D eigenvalue weighted by atomic mass is 9.90. The van der Waals surface area contributed by atoms with E-state index >= 15 is 0 Å². The van der Waals surface area contributed by atoms with Gasteiger partial charge in [-0.3, -0.25) is 19.7 Å². The number of aryl methyl sites for hydroxylation is 1. The number of hydrogen-bond donors (Lipinski definition) is 1. The molecular formula is C14H16N2O5. The van der Waals surface area contributed by atoms with Crippen LogP contribution in [0.5, 0.6) is 0 Å². The van der Waals surface area contributed by atoms with Gasteiger partial charge in [-0.1, -0.05) is 6.07 Å². The zero-order valence-electron chi connectivity index (χ0n) is 11.8. The average molecular weight is 292 g/mol. The molecule has 112 valence electrons. The highest BCUT2D eigenvalue weighted by Gasteiger charge is 2.42. The quantitative estimate of drug-likeness (QED) is 0.676. The first-order chi connectivity index (χ1) is 9.74. The first-order valence-electron chi connectivity index (χ1n) is 6.52. The van der Waals surface area contributed by atoms with Crippen molar-refractivity contribution >= 4 is 17.6 Å². The van der Waals surface area contributed by atoms with E-state index in [0.717, 1.165) is 0 Å². The highest BCUT2D eigenvalue weighted by molar-refractivity contribution is 5.95. The van der Waals surface area contributed by atoms with Crippen LogP contribution in [0.4, 0.5) is 5.69 Å². The van der Waals surface area contributed by atoms with Crippen LogP contribution in [0.3, 0.4) is 0 Å². The number of nitro benzene ring substituents is 1. The Bertz CT molecular complexity index is 628. The standard InChI is InChI=1S/C14H16N2O5/c1-9-3-4-10(7-11(9)16(20)21)12(17)15-6-5-14(2,8-15)13(18)19/h3-4,7H,5-6,8H2,1-2H3,(H,18,19). The van der Waals surface area contributed by atoms with Crippen molar-refractivity contribution in [3.63, 3.8) is 0 Å². The Morgan fingerprint density at radius 2 is 2.10 bits per heavy atom. The third-order valence-electron chi connectivity index (χ3n) is 3.93. The Morgan fingerprint density at radius 3 is 2.62 bits per heavy atom. The van der Waals surface area contributed by atoms with Crippen LogP contribution in [0.25, 0.3) is 0 Å². The minimum atomic E-state index is -0.952. The first-order valence-corrected chi connectivity index (χ1v) is 6.52. The van der Waals surface area contributed by atoms with Crippen LogP contribution >= 0.6 is 0 Å². The minimum absolute atomic E-state index is 0.110. The zero-order valence-corrected chi connectivity index (χ0v) is 11.8. The molecule has 1 aliphatic heterocycles. The fourth-order valence-electron chi connectivity index (χ4n) is 2.43. The highest BCUT2D eigenvalue weighted by atomic mass is 16.6.